The maximum Gasteiger partial charge on any atom is 0.188 e. The van der Waals surface area contributed by atoms with E-state index in [0.29, 0.717) is 36.3 Å². The molecule has 9 heteroatoms. The summed E-state index contributed by atoms with van der Waals surface area (Å²) in [5, 5.41) is 49.2. The molecule has 0 amide bonds. The number of hydrogen-bond acceptors (Lipinski definition) is 7. The first kappa shape index (κ1) is 25.3. The van der Waals surface area contributed by atoms with Crippen molar-refractivity contribution in [3.63, 3.8) is 0 Å². The van der Waals surface area contributed by atoms with Gasteiger partial charge in [0.2, 0.25) is 0 Å². The lowest BCUT2D eigenvalue weighted by Crippen LogP contribution is -2.65. The summed E-state index contributed by atoms with van der Waals surface area (Å²) in [6.45, 7) is -0.0684. The summed E-state index contributed by atoms with van der Waals surface area (Å²) in [6, 6.07) is 12.8. The number of rotatable bonds is 10. The maximum atomic E-state index is 10.6. The van der Waals surface area contributed by atoms with Crippen molar-refractivity contribution in [3.05, 3.63) is 64.2 Å². The minimum absolute atomic E-state index is 0.409. The van der Waals surface area contributed by atoms with E-state index >= 15 is 0 Å². The number of aliphatic hydroxyl groups is 4. The monoisotopic (exact) mass is 495 g/mol. The summed E-state index contributed by atoms with van der Waals surface area (Å²) in [5.74, 6) is 0.755. The van der Waals surface area contributed by atoms with E-state index in [9.17, 15) is 20.4 Å². The molecule has 2 aromatic rings. The molecule has 4 rings (SSSR count). The summed E-state index contributed by atoms with van der Waals surface area (Å²) in [5.41, 5.74) is 0.613. The van der Waals surface area contributed by atoms with Crippen molar-refractivity contribution >= 4 is 11.6 Å². The summed E-state index contributed by atoms with van der Waals surface area (Å²) >= 11 is 6.43. The summed E-state index contributed by atoms with van der Waals surface area (Å²) in [4.78, 5) is 0. The lowest BCUT2D eigenvalue weighted by atomic mass is 9.83. The van der Waals surface area contributed by atoms with Gasteiger partial charge in [-0.05, 0) is 54.2 Å². The van der Waals surface area contributed by atoms with Gasteiger partial charge < -0.3 is 39.7 Å². The van der Waals surface area contributed by atoms with Gasteiger partial charge in [-0.25, -0.2) is 0 Å². The van der Waals surface area contributed by atoms with Gasteiger partial charge in [0.15, 0.2) is 12.2 Å². The smallest absolute Gasteiger partial charge is 0.188 e. The van der Waals surface area contributed by atoms with E-state index in [-0.39, 0.29) is 0 Å². The van der Waals surface area contributed by atoms with E-state index < -0.39 is 43.2 Å². The molecular formula is C25H32ClO8+. The van der Waals surface area contributed by atoms with Gasteiger partial charge in [0.25, 0.3) is 0 Å². The van der Waals surface area contributed by atoms with E-state index in [0.717, 1.165) is 29.7 Å². The molecule has 0 aromatic heterocycles. The molecule has 1 aliphatic heterocycles. The lowest BCUT2D eigenvalue weighted by molar-refractivity contribution is -0.289. The quantitative estimate of drug-likeness (QED) is 0.286. The van der Waals surface area contributed by atoms with E-state index in [1.807, 2.05) is 24.3 Å². The fraction of sp³-hybridized carbons (Fsp3) is 0.520. The van der Waals surface area contributed by atoms with Gasteiger partial charge in [-0.1, -0.05) is 35.9 Å². The average molecular weight is 496 g/mol. The Kier molecular flexibility index (Phi) is 8.12. The van der Waals surface area contributed by atoms with Crippen LogP contribution in [0.4, 0.5) is 0 Å². The molecule has 0 radical (unpaired) electrons. The Morgan fingerprint density at radius 2 is 1.76 bits per heavy atom. The first-order valence-electron chi connectivity index (χ1n) is 11.5. The number of hydrogen-bond donors (Lipinski definition) is 4. The molecule has 2 aliphatic rings. The standard InChI is InChI=1S/C25H31ClO8/c26-20-8-3-16(23-21(29)22(30)24(31)25(13-27,14-28)34-23)12-17(20)11-15-1-4-18(5-2-15)32-9-10-33-19-6-7-19/h1-5,8,12,19,21-24,27-31H,6-7,9-11,13-14H2/p+1/t21-,22-,23+,24+/m1/s1. The number of aliphatic hydroxyl groups excluding tert-OH is 4. The van der Waals surface area contributed by atoms with Crippen LogP contribution >= 0.6 is 11.6 Å². The van der Waals surface area contributed by atoms with Crippen LogP contribution in [0.5, 0.6) is 5.75 Å². The van der Waals surface area contributed by atoms with Crippen LogP contribution in [0.15, 0.2) is 42.5 Å². The van der Waals surface area contributed by atoms with E-state index in [2.05, 4.69) is 0 Å². The Labute approximate surface area is 203 Å². The second-order valence-corrected chi connectivity index (χ2v) is 9.36. The second-order valence-electron chi connectivity index (χ2n) is 8.95. The van der Waals surface area contributed by atoms with Gasteiger partial charge in [-0.15, -0.1) is 0 Å². The van der Waals surface area contributed by atoms with Crippen molar-refractivity contribution in [1.29, 1.82) is 0 Å². The van der Waals surface area contributed by atoms with Crippen LogP contribution in [0, 0.1) is 0 Å². The Bertz CT molecular complexity index is 944. The van der Waals surface area contributed by atoms with Crippen molar-refractivity contribution in [2.75, 3.05) is 26.4 Å². The van der Waals surface area contributed by atoms with E-state index in [1.54, 1.807) is 18.2 Å². The molecule has 1 heterocycles. The lowest BCUT2D eigenvalue weighted by Gasteiger charge is -2.46. The summed E-state index contributed by atoms with van der Waals surface area (Å²) in [6.07, 6.45) is -2.44. The maximum absolute atomic E-state index is 10.6. The van der Waals surface area contributed by atoms with Gasteiger partial charge >= 0.3 is 0 Å². The fourth-order valence-electron chi connectivity index (χ4n) is 4.11. The predicted octanol–water partition coefficient (Wildman–Crippen LogP) is 1.10. The van der Waals surface area contributed by atoms with Gasteiger partial charge in [0.1, 0.15) is 36.8 Å². The summed E-state index contributed by atoms with van der Waals surface area (Å²) in [7, 11) is 0. The minimum atomic E-state index is -1.69. The first-order valence-corrected chi connectivity index (χ1v) is 11.8. The third-order valence-corrected chi connectivity index (χ3v) is 6.77. The molecule has 2 aromatic carbocycles. The van der Waals surface area contributed by atoms with Gasteiger partial charge in [0, 0.05) is 5.02 Å². The zero-order chi connectivity index (χ0) is 24.3. The first-order chi connectivity index (χ1) is 16.4. The van der Waals surface area contributed by atoms with Crippen molar-refractivity contribution in [2.24, 2.45) is 0 Å². The Morgan fingerprint density at radius 1 is 1.03 bits per heavy atom. The van der Waals surface area contributed by atoms with Crippen LogP contribution in [-0.4, -0.2) is 82.0 Å². The largest absolute Gasteiger partial charge is 0.491 e. The third kappa shape index (κ3) is 5.56. The fourth-order valence-corrected chi connectivity index (χ4v) is 4.29. The third-order valence-electron chi connectivity index (χ3n) is 6.40. The minimum Gasteiger partial charge on any atom is -0.491 e. The van der Waals surface area contributed by atoms with Crippen LogP contribution in [0.25, 0.3) is 0 Å². The van der Waals surface area contributed by atoms with Gasteiger partial charge in [-0.3, -0.25) is 0 Å². The van der Waals surface area contributed by atoms with E-state index in [1.165, 1.54) is 0 Å². The molecule has 6 N–H and O–H groups in total. The van der Waals surface area contributed by atoms with Crippen LogP contribution in [0.3, 0.4) is 0 Å². The average Bonchev–Trinajstić information content (AvgIpc) is 3.68. The number of benzene rings is 2. The van der Waals surface area contributed by atoms with Gasteiger partial charge in [0.05, 0.1) is 19.3 Å². The normalized spacial score (nSPS) is 29.2. The molecule has 0 unspecified atom stereocenters. The molecule has 0 spiro atoms. The van der Waals surface area contributed by atoms with Crippen LogP contribution in [-0.2, 0) is 15.9 Å². The van der Waals surface area contributed by atoms with Crippen molar-refractivity contribution < 1.29 is 39.7 Å². The SMILES string of the molecule is OC[C@@]1(C[OH2+])O[C@@H](c2ccc(Cl)c(Cc3ccc(OCCOC4CC4)cc3)c2)[C@H](O)[C@@H](O)[C@@H]1O. The van der Waals surface area contributed by atoms with Crippen LogP contribution < -0.4 is 4.74 Å². The Morgan fingerprint density at radius 3 is 2.41 bits per heavy atom. The Balaban J connectivity index is 1.45. The van der Waals surface area contributed by atoms with Crippen LogP contribution in [0.2, 0.25) is 5.02 Å². The summed E-state index contributed by atoms with van der Waals surface area (Å²) < 4.78 is 17.1. The molecule has 1 aliphatic carbocycles. The topological polar surface area (TPSA) is 132 Å². The number of halogens is 1. The van der Waals surface area contributed by atoms with Gasteiger partial charge in [-0.2, -0.15) is 0 Å². The molecule has 1 saturated carbocycles. The highest BCUT2D eigenvalue weighted by molar-refractivity contribution is 6.31. The Hall–Kier alpha value is -1.75. The van der Waals surface area contributed by atoms with E-state index in [4.69, 9.17) is 30.9 Å². The molecular weight excluding hydrogens is 464 g/mol. The van der Waals surface area contributed by atoms with Crippen molar-refractivity contribution in [3.8, 4) is 5.75 Å². The van der Waals surface area contributed by atoms with Crippen molar-refractivity contribution in [1.82, 2.24) is 0 Å². The van der Waals surface area contributed by atoms with Crippen molar-refractivity contribution in [2.45, 2.75) is 55.4 Å². The highest BCUT2D eigenvalue weighted by Gasteiger charge is 2.55. The molecule has 1 saturated heterocycles. The number of ether oxygens (including phenoxy) is 3. The molecule has 8 nitrogen and oxygen atoms in total. The molecule has 34 heavy (non-hydrogen) atoms. The molecule has 5 atom stereocenters. The zero-order valence-electron chi connectivity index (χ0n) is 18.8. The highest BCUT2D eigenvalue weighted by atomic mass is 35.5. The molecule has 2 fully saturated rings. The molecule has 0 bridgehead atoms. The zero-order valence-corrected chi connectivity index (χ0v) is 19.5. The molecule has 186 valence electrons. The highest BCUT2D eigenvalue weighted by Crippen LogP contribution is 2.39. The van der Waals surface area contributed by atoms with Crippen LogP contribution in [0.1, 0.15) is 35.6 Å². The predicted molar refractivity (Wildman–Crippen MR) is 125 cm³/mol. The second kappa shape index (κ2) is 10.9.